The molecule has 1 aromatic heterocycles. The van der Waals surface area contributed by atoms with Gasteiger partial charge in [0.15, 0.2) is 6.29 Å². The van der Waals surface area contributed by atoms with Crippen molar-refractivity contribution in [3.63, 3.8) is 0 Å². The lowest BCUT2D eigenvalue weighted by Crippen LogP contribution is -2.48. The van der Waals surface area contributed by atoms with Crippen molar-refractivity contribution in [2.24, 2.45) is 0 Å². The van der Waals surface area contributed by atoms with E-state index in [1.165, 1.54) is 23.0 Å². The zero-order valence-corrected chi connectivity index (χ0v) is 10.8. The Morgan fingerprint density at radius 3 is 2.17 bits per heavy atom. The number of aromatic nitrogens is 2. The van der Waals surface area contributed by atoms with Gasteiger partial charge in [-0.2, -0.15) is 4.31 Å². The van der Waals surface area contributed by atoms with Crippen LogP contribution in [0.25, 0.3) is 0 Å². The van der Waals surface area contributed by atoms with Crippen molar-refractivity contribution in [3.05, 3.63) is 18.0 Å². The van der Waals surface area contributed by atoms with Gasteiger partial charge in [0.05, 0.1) is 11.8 Å². The molecular formula is C10H14N4O3S. The average molecular weight is 270 g/mol. The summed E-state index contributed by atoms with van der Waals surface area (Å²) in [6.45, 7) is 1.95. The number of carbonyl (C=O) groups is 1. The average Bonchev–Trinajstić information content (AvgIpc) is 2.38. The van der Waals surface area contributed by atoms with E-state index in [1.54, 1.807) is 0 Å². The summed E-state index contributed by atoms with van der Waals surface area (Å²) in [6.07, 6.45) is 4.81. The summed E-state index contributed by atoms with van der Waals surface area (Å²) in [5, 5.41) is 0. The van der Waals surface area contributed by atoms with Crippen molar-refractivity contribution in [2.75, 3.05) is 37.3 Å². The van der Waals surface area contributed by atoms with Crippen molar-refractivity contribution in [3.8, 4) is 0 Å². The van der Waals surface area contributed by atoms with E-state index in [1.807, 2.05) is 4.90 Å². The minimum absolute atomic E-state index is 0.425. The molecule has 0 spiro atoms. The SMILES string of the molecule is CS(=O)(=O)N1CCN(c2ncc(C=O)cn2)CC1. The number of hydrogen-bond donors (Lipinski definition) is 0. The van der Waals surface area contributed by atoms with E-state index in [0.717, 1.165) is 0 Å². The zero-order valence-electron chi connectivity index (χ0n) is 9.98. The first-order valence-corrected chi connectivity index (χ1v) is 7.33. The fourth-order valence-electron chi connectivity index (χ4n) is 1.78. The minimum Gasteiger partial charge on any atom is -0.338 e. The lowest BCUT2D eigenvalue weighted by molar-refractivity contribution is 0.112. The molecule has 0 amide bonds. The number of anilines is 1. The van der Waals surface area contributed by atoms with Crippen LogP contribution in [0.5, 0.6) is 0 Å². The lowest BCUT2D eigenvalue weighted by Gasteiger charge is -2.33. The van der Waals surface area contributed by atoms with E-state index >= 15 is 0 Å². The molecular weight excluding hydrogens is 256 g/mol. The van der Waals surface area contributed by atoms with E-state index in [4.69, 9.17) is 0 Å². The molecule has 0 unspecified atom stereocenters. The van der Waals surface area contributed by atoms with Crippen LogP contribution in [0.1, 0.15) is 10.4 Å². The van der Waals surface area contributed by atoms with Crippen molar-refractivity contribution in [2.45, 2.75) is 0 Å². The molecule has 1 aromatic rings. The summed E-state index contributed by atoms with van der Waals surface area (Å²) in [4.78, 5) is 20.5. The standard InChI is InChI=1S/C10H14N4O3S/c1-18(16,17)14-4-2-13(3-5-14)10-11-6-9(8-15)7-12-10/h6-8H,2-5H2,1H3. The third-order valence-electron chi connectivity index (χ3n) is 2.78. The molecule has 0 aromatic carbocycles. The molecule has 1 fully saturated rings. The highest BCUT2D eigenvalue weighted by molar-refractivity contribution is 7.88. The fourth-order valence-corrected chi connectivity index (χ4v) is 2.60. The van der Waals surface area contributed by atoms with Gasteiger partial charge < -0.3 is 4.90 Å². The predicted molar refractivity (Wildman–Crippen MR) is 66.0 cm³/mol. The monoisotopic (exact) mass is 270 g/mol. The summed E-state index contributed by atoms with van der Waals surface area (Å²) >= 11 is 0. The molecule has 8 heteroatoms. The second kappa shape index (κ2) is 4.99. The lowest BCUT2D eigenvalue weighted by atomic mass is 10.3. The van der Waals surface area contributed by atoms with Crippen LogP contribution in [0.3, 0.4) is 0 Å². The normalized spacial score (nSPS) is 17.7. The molecule has 1 aliphatic heterocycles. The summed E-state index contributed by atoms with van der Waals surface area (Å²) in [5.74, 6) is 0.522. The zero-order chi connectivity index (χ0) is 13.2. The maximum absolute atomic E-state index is 11.4. The van der Waals surface area contributed by atoms with Gasteiger partial charge in [-0.3, -0.25) is 4.79 Å². The quantitative estimate of drug-likeness (QED) is 0.680. The number of hydrogen-bond acceptors (Lipinski definition) is 6. The molecule has 0 saturated carbocycles. The molecule has 1 saturated heterocycles. The Morgan fingerprint density at radius 2 is 1.72 bits per heavy atom. The fraction of sp³-hybridized carbons (Fsp3) is 0.500. The van der Waals surface area contributed by atoms with Crippen molar-refractivity contribution in [1.82, 2.24) is 14.3 Å². The summed E-state index contributed by atoms with van der Waals surface area (Å²) < 4.78 is 24.1. The van der Waals surface area contributed by atoms with Crippen LogP contribution in [0, 0.1) is 0 Å². The van der Waals surface area contributed by atoms with Crippen LogP contribution in [-0.4, -0.2) is 61.4 Å². The Hall–Kier alpha value is -1.54. The topological polar surface area (TPSA) is 83.5 Å². The number of sulfonamides is 1. The number of aldehydes is 1. The summed E-state index contributed by atoms with van der Waals surface area (Å²) in [7, 11) is -3.12. The number of piperazine rings is 1. The molecule has 0 atom stereocenters. The van der Waals surface area contributed by atoms with Gasteiger partial charge in [0.2, 0.25) is 16.0 Å². The Bertz CT molecular complexity index is 521. The molecule has 98 valence electrons. The molecule has 7 nitrogen and oxygen atoms in total. The smallest absolute Gasteiger partial charge is 0.225 e. The number of rotatable bonds is 3. The van der Waals surface area contributed by atoms with Crippen LogP contribution in [-0.2, 0) is 10.0 Å². The first-order valence-electron chi connectivity index (χ1n) is 5.48. The van der Waals surface area contributed by atoms with Crippen molar-refractivity contribution >= 4 is 22.3 Å². The van der Waals surface area contributed by atoms with Gasteiger partial charge >= 0.3 is 0 Å². The molecule has 0 bridgehead atoms. The van der Waals surface area contributed by atoms with Gasteiger partial charge in [-0.15, -0.1) is 0 Å². The second-order valence-corrected chi connectivity index (χ2v) is 6.07. The third-order valence-corrected chi connectivity index (χ3v) is 4.09. The van der Waals surface area contributed by atoms with E-state index in [-0.39, 0.29) is 0 Å². The second-order valence-electron chi connectivity index (χ2n) is 4.08. The van der Waals surface area contributed by atoms with E-state index in [2.05, 4.69) is 9.97 Å². The highest BCUT2D eigenvalue weighted by atomic mass is 32.2. The van der Waals surface area contributed by atoms with Gasteiger partial charge in [-0.1, -0.05) is 0 Å². The summed E-state index contributed by atoms with van der Waals surface area (Å²) in [6, 6.07) is 0. The summed E-state index contributed by atoms with van der Waals surface area (Å²) in [5.41, 5.74) is 0.425. The maximum Gasteiger partial charge on any atom is 0.225 e. The maximum atomic E-state index is 11.4. The first kappa shape index (κ1) is 12.9. The van der Waals surface area contributed by atoms with Crippen LogP contribution < -0.4 is 4.90 Å². The van der Waals surface area contributed by atoms with Gasteiger partial charge in [-0.25, -0.2) is 18.4 Å². The Kier molecular flexibility index (Phi) is 3.58. The highest BCUT2D eigenvalue weighted by Gasteiger charge is 2.24. The Morgan fingerprint density at radius 1 is 1.17 bits per heavy atom. The molecule has 0 N–H and O–H groups in total. The van der Waals surface area contributed by atoms with E-state index in [0.29, 0.717) is 44.0 Å². The van der Waals surface area contributed by atoms with Crippen LogP contribution in [0.4, 0.5) is 5.95 Å². The van der Waals surface area contributed by atoms with Crippen molar-refractivity contribution in [1.29, 1.82) is 0 Å². The van der Waals surface area contributed by atoms with E-state index in [9.17, 15) is 13.2 Å². The first-order chi connectivity index (χ1) is 8.50. The Balaban J connectivity index is 2.03. The van der Waals surface area contributed by atoms with Gasteiger partial charge in [0, 0.05) is 38.6 Å². The largest absolute Gasteiger partial charge is 0.338 e. The van der Waals surface area contributed by atoms with Crippen LogP contribution >= 0.6 is 0 Å². The van der Waals surface area contributed by atoms with Gasteiger partial charge in [-0.05, 0) is 0 Å². The molecule has 2 rings (SSSR count). The van der Waals surface area contributed by atoms with Crippen LogP contribution in [0.2, 0.25) is 0 Å². The van der Waals surface area contributed by atoms with Gasteiger partial charge in [0.25, 0.3) is 0 Å². The molecule has 18 heavy (non-hydrogen) atoms. The predicted octanol–water partition coefficient (Wildman–Crippen LogP) is -0.629. The number of nitrogens with zero attached hydrogens (tertiary/aromatic N) is 4. The minimum atomic E-state index is -3.12. The van der Waals surface area contributed by atoms with Crippen molar-refractivity contribution < 1.29 is 13.2 Å². The highest BCUT2D eigenvalue weighted by Crippen LogP contribution is 2.12. The number of carbonyl (C=O) groups excluding carboxylic acids is 1. The van der Waals surface area contributed by atoms with Crippen LogP contribution in [0.15, 0.2) is 12.4 Å². The molecule has 0 aliphatic carbocycles. The molecule has 0 radical (unpaired) electrons. The molecule has 1 aliphatic rings. The van der Waals surface area contributed by atoms with Gasteiger partial charge in [0.1, 0.15) is 0 Å². The Labute approximate surface area is 105 Å². The molecule has 2 heterocycles. The van der Waals surface area contributed by atoms with E-state index < -0.39 is 10.0 Å². The third kappa shape index (κ3) is 2.82.